The van der Waals surface area contributed by atoms with Gasteiger partial charge in [0.15, 0.2) is 0 Å². The maximum Gasteiger partial charge on any atom is 0.335 e. The smallest absolute Gasteiger partial charge is 0.335 e. The summed E-state index contributed by atoms with van der Waals surface area (Å²) in [4.78, 5) is 20.2. The fraction of sp³-hybridized carbons (Fsp3) is 0.269. The van der Waals surface area contributed by atoms with Crippen molar-refractivity contribution in [2.24, 2.45) is 0 Å². The van der Waals surface area contributed by atoms with Gasteiger partial charge in [0.05, 0.1) is 36.7 Å². The molecule has 0 bridgehead atoms. The number of hydrogen-bond acceptors (Lipinski definition) is 8. The molecule has 0 radical (unpaired) electrons. The molecule has 1 saturated heterocycles. The molecule has 0 spiro atoms. The first-order chi connectivity index (χ1) is 17.4. The predicted octanol–water partition coefficient (Wildman–Crippen LogP) is 4.26. The van der Waals surface area contributed by atoms with Gasteiger partial charge in [-0.25, -0.2) is 19.4 Å². The number of nitrogens with one attached hydrogen (secondary N) is 1. The van der Waals surface area contributed by atoms with Crippen molar-refractivity contribution in [1.82, 2.24) is 25.0 Å². The van der Waals surface area contributed by atoms with E-state index in [1.54, 1.807) is 35.1 Å². The summed E-state index contributed by atoms with van der Waals surface area (Å²) in [6.45, 7) is 5.28. The normalized spacial score (nSPS) is 16.0. The SMILES string of the molecule is Cc1cc(Nc2cc(OC3CCOC3)ccn2)nc(-c2cn(C(C)c3ccc(C(=O)O)cc3)nn2)c1. The van der Waals surface area contributed by atoms with E-state index >= 15 is 0 Å². The Kier molecular flexibility index (Phi) is 6.59. The molecule has 10 nitrogen and oxygen atoms in total. The number of carboxylic acid groups (broad SMARTS) is 1. The molecule has 184 valence electrons. The third-order valence-corrected chi connectivity index (χ3v) is 5.96. The van der Waals surface area contributed by atoms with Crippen LogP contribution in [0.1, 0.15) is 40.9 Å². The van der Waals surface area contributed by atoms with E-state index < -0.39 is 5.97 Å². The standard InChI is InChI=1S/C26H26N6O4/c1-16-11-22(23-14-32(31-30-23)17(2)18-3-5-19(6-4-18)26(33)34)28-25(12-16)29-24-13-20(7-9-27-24)36-21-8-10-35-15-21/h3-7,9,11-14,17,21H,8,10,15H2,1-2H3,(H,33,34)(H,27,28,29). The molecular weight excluding hydrogens is 460 g/mol. The Bertz CT molecular complexity index is 1370. The molecule has 1 fully saturated rings. The molecule has 0 aliphatic carbocycles. The molecule has 2 atom stereocenters. The van der Waals surface area contributed by atoms with Crippen LogP contribution in [0.2, 0.25) is 0 Å². The van der Waals surface area contributed by atoms with Crippen LogP contribution in [0.4, 0.5) is 11.6 Å². The van der Waals surface area contributed by atoms with E-state index in [-0.39, 0.29) is 17.7 Å². The molecule has 3 aromatic heterocycles. The van der Waals surface area contributed by atoms with Crippen molar-refractivity contribution in [3.8, 4) is 17.1 Å². The van der Waals surface area contributed by atoms with Gasteiger partial charge < -0.3 is 19.9 Å². The van der Waals surface area contributed by atoms with Crippen LogP contribution in [-0.4, -0.2) is 55.4 Å². The lowest BCUT2D eigenvalue weighted by atomic mass is 10.1. The van der Waals surface area contributed by atoms with Gasteiger partial charge in [0.25, 0.3) is 0 Å². The van der Waals surface area contributed by atoms with E-state index in [1.807, 2.05) is 44.3 Å². The number of aromatic nitrogens is 5. The third kappa shape index (κ3) is 5.33. The molecule has 5 rings (SSSR count). The molecule has 1 aliphatic heterocycles. The van der Waals surface area contributed by atoms with Crippen molar-refractivity contribution in [2.45, 2.75) is 32.4 Å². The molecule has 0 saturated carbocycles. The highest BCUT2D eigenvalue weighted by Gasteiger charge is 2.18. The Morgan fingerprint density at radius 2 is 2.00 bits per heavy atom. The zero-order valence-corrected chi connectivity index (χ0v) is 20.0. The fourth-order valence-corrected chi connectivity index (χ4v) is 3.99. The van der Waals surface area contributed by atoms with Crippen LogP contribution < -0.4 is 10.1 Å². The van der Waals surface area contributed by atoms with Crippen LogP contribution in [0, 0.1) is 6.92 Å². The van der Waals surface area contributed by atoms with E-state index in [0.717, 1.165) is 29.9 Å². The van der Waals surface area contributed by atoms with Crippen molar-refractivity contribution in [1.29, 1.82) is 0 Å². The van der Waals surface area contributed by atoms with Crippen LogP contribution in [0.5, 0.6) is 5.75 Å². The highest BCUT2D eigenvalue weighted by atomic mass is 16.5. The minimum absolute atomic E-state index is 0.0593. The van der Waals surface area contributed by atoms with Crippen LogP contribution in [0.3, 0.4) is 0 Å². The van der Waals surface area contributed by atoms with Gasteiger partial charge in [0.2, 0.25) is 0 Å². The lowest BCUT2D eigenvalue weighted by Gasteiger charge is -2.13. The number of aryl methyl sites for hydroxylation is 1. The minimum atomic E-state index is -0.954. The van der Waals surface area contributed by atoms with E-state index in [4.69, 9.17) is 19.6 Å². The number of nitrogens with zero attached hydrogens (tertiary/aromatic N) is 5. The first-order valence-corrected chi connectivity index (χ1v) is 11.7. The average Bonchev–Trinajstić information content (AvgIpc) is 3.56. The van der Waals surface area contributed by atoms with Gasteiger partial charge in [-0.05, 0) is 55.3 Å². The summed E-state index contributed by atoms with van der Waals surface area (Å²) in [5.41, 5.74) is 3.47. The molecule has 10 heteroatoms. The highest BCUT2D eigenvalue weighted by Crippen LogP contribution is 2.25. The van der Waals surface area contributed by atoms with Crippen molar-refractivity contribution >= 4 is 17.6 Å². The average molecular weight is 487 g/mol. The second-order valence-electron chi connectivity index (χ2n) is 8.71. The van der Waals surface area contributed by atoms with E-state index in [9.17, 15) is 4.79 Å². The molecule has 0 amide bonds. The summed E-state index contributed by atoms with van der Waals surface area (Å²) < 4.78 is 13.1. The lowest BCUT2D eigenvalue weighted by molar-refractivity contribution is 0.0697. The second kappa shape index (κ2) is 10.1. The maximum atomic E-state index is 11.1. The van der Waals surface area contributed by atoms with Crippen LogP contribution in [0.25, 0.3) is 11.4 Å². The molecule has 36 heavy (non-hydrogen) atoms. The van der Waals surface area contributed by atoms with Crippen LogP contribution in [0.15, 0.2) is 60.9 Å². The summed E-state index contributed by atoms with van der Waals surface area (Å²) in [6, 6.07) is 14.2. The molecule has 2 N–H and O–H groups in total. The first-order valence-electron chi connectivity index (χ1n) is 11.7. The lowest BCUT2D eigenvalue weighted by Crippen LogP contribution is -2.15. The molecule has 2 unspecified atom stereocenters. The number of rotatable bonds is 8. The second-order valence-corrected chi connectivity index (χ2v) is 8.71. The summed E-state index contributed by atoms with van der Waals surface area (Å²) in [5, 5.41) is 21.0. The van der Waals surface area contributed by atoms with Crippen molar-refractivity contribution in [2.75, 3.05) is 18.5 Å². The van der Waals surface area contributed by atoms with E-state index in [0.29, 0.717) is 29.6 Å². The number of carboxylic acids is 1. The number of carbonyl (C=O) groups is 1. The van der Waals surface area contributed by atoms with Crippen molar-refractivity contribution in [3.63, 3.8) is 0 Å². The minimum Gasteiger partial charge on any atom is -0.488 e. The predicted molar refractivity (Wildman–Crippen MR) is 133 cm³/mol. The fourth-order valence-electron chi connectivity index (χ4n) is 3.99. The Hall–Kier alpha value is -4.31. The van der Waals surface area contributed by atoms with Gasteiger partial charge in [-0.3, -0.25) is 0 Å². The van der Waals surface area contributed by atoms with E-state index in [1.165, 1.54) is 0 Å². The maximum absolute atomic E-state index is 11.1. The van der Waals surface area contributed by atoms with E-state index in [2.05, 4.69) is 20.6 Å². The van der Waals surface area contributed by atoms with Gasteiger partial charge in [0.1, 0.15) is 29.2 Å². The summed E-state index contributed by atoms with van der Waals surface area (Å²) in [6.07, 6.45) is 4.46. The number of ether oxygens (including phenoxy) is 2. The summed E-state index contributed by atoms with van der Waals surface area (Å²) in [7, 11) is 0. The topological polar surface area (TPSA) is 124 Å². The van der Waals surface area contributed by atoms with Gasteiger partial charge >= 0.3 is 5.97 Å². The summed E-state index contributed by atoms with van der Waals surface area (Å²) >= 11 is 0. The largest absolute Gasteiger partial charge is 0.488 e. The number of hydrogen-bond donors (Lipinski definition) is 2. The zero-order chi connectivity index (χ0) is 25.1. The number of benzene rings is 1. The van der Waals surface area contributed by atoms with Crippen LogP contribution >= 0.6 is 0 Å². The Morgan fingerprint density at radius 1 is 1.17 bits per heavy atom. The number of pyridine rings is 2. The number of aromatic carboxylic acids is 1. The zero-order valence-electron chi connectivity index (χ0n) is 20.0. The molecule has 1 aromatic carbocycles. The van der Waals surface area contributed by atoms with Gasteiger partial charge in [-0.15, -0.1) is 5.10 Å². The van der Waals surface area contributed by atoms with Crippen LogP contribution in [-0.2, 0) is 4.74 Å². The Labute approximate surface area is 207 Å². The van der Waals surface area contributed by atoms with Gasteiger partial charge in [-0.1, -0.05) is 17.3 Å². The third-order valence-electron chi connectivity index (χ3n) is 5.96. The highest BCUT2D eigenvalue weighted by molar-refractivity contribution is 5.87. The molecular formula is C26H26N6O4. The van der Waals surface area contributed by atoms with Gasteiger partial charge in [0, 0.05) is 18.7 Å². The quantitative estimate of drug-likeness (QED) is 0.376. The Balaban J connectivity index is 1.33. The molecule has 4 aromatic rings. The van der Waals surface area contributed by atoms with Gasteiger partial charge in [-0.2, -0.15) is 0 Å². The Morgan fingerprint density at radius 3 is 2.75 bits per heavy atom. The van der Waals surface area contributed by atoms with Crippen molar-refractivity contribution < 1.29 is 19.4 Å². The first kappa shape index (κ1) is 23.4. The number of anilines is 2. The summed E-state index contributed by atoms with van der Waals surface area (Å²) in [5.74, 6) is 1.03. The monoisotopic (exact) mass is 486 g/mol. The van der Waals surface area contributed by atoms with Crippen molar-refractivity contribution in [3.05, 3.63) is 77.6 Å². The molecule has 1 aliphatic rings. The molecule has 4 heterocycles.